The zero-order valence-electron chi connectivity index (χ0n) is 27.5. The van der Waals surface area contributed by atoms with E-state index in [9.17, 15) is 9.59 Å². The molecular formula is C35H54N2O4Si. The zero-order valence-corrected chi connectivity index (χ0v) is 28.5. The lowest BCUT2D eigenvalue weighted by Gasteiger charge is -2.37. The van der Waals surface area contributed by atoms with E-state index in [1.165, 1.54) is 5.56 Å². The Hall–Kier alpha value is -2.64. The summed E-state index contributed by atoms with van der Waals surface area (Å²) in [6.07, 6.45) is 4.03. The van der Waals surface area contributed by atoms with Crippen molar-refractivity contribution in [1.29, 1.82) is 0 Å². The molecule has 0 saturated heterocycles. The van der Waals surface area contributed by atoms with Gasteiger partial charge in [-0.1, -0.05) is 76.1 Å². The highest BCUT2D eigenvalue weighted by Gasteiger charge is 2.37. The number of hydrogen-bond donors (Lipinski definition) is 0. The van der Waals surface area contributed by atoms with Gasteiger partial charge in [0.05, 0.1) is 19.1 Å². The first-order valence-corrected chi connectivity index (χ1v) is 18.6. The van der Waals surface area contributed by atoms with Crippen LogP contribution in [0, 0.1) is 5.92 Å². The Kier molecular flexibility index (Phi) is 11.5. The van der Waals surface area contributed by atoms with Crippen LogP contribution in [0.1, 0.15) is 91.2 Å². The van der Waals surface area contributed by atoms with Crippen molar-refractivity contribution in [3.8, 4) is 0 Å². The van der Waals surface area contributed by atoms with Crippen LogP contribution in [-0.4, -0.2) is 50.5 Å². The molecule has 2 atom stereocenters. The second-order valence-corrected chi connectivity index (χ2v) is 19.0. The lowest BCUT2D eigenvalue weighted by atomic mass is 9.75. The molecule has 1 saturated carbocycles. The van der Waals surface area contributed by atoms with Gasteiger partial charge in [0, 0.05) is 18.8 Å². The molecule has 0 spiro atoms. The molecule has 232 valence electrons. The maximum Gasteiger partial charge on any atom is 0.324 e. The second kappa shape index (κ2) is 14.2. The Morgan fingerprint density at radius 3 is 2.10 bits per heavy atom. The molecule has 2 unspecified atom stereocenters. The number of carbonyl (C=O) groups is 2. The molecule has 1 aliphatic carbocycles. The van der Waals surface area contributed by atoms with Crippen molar-refractivity contribution in [2.45, 2.75) is 110 Å². The number of para-hydroxylation sites is 1. The number of rotatable bonds is 10. The number of amides is 2. The minimum absolute atomic E-state index is 0.0242. The van der Waals surface area contributed by atoms with Crippen LogP contribution in [0.5, 0.6) is 0 Å². The van der Waals surface area contributed by atoms with Crippen LogP contribution in [0.3, 0.4) is 0 Å². The predicted octanol–water partition coefficient (Wildman–Crippen LogP) is 8.77. The van der Waals surface area contributed by atoms with Crippen molar-refractivity contribution in [3.05, 3.63) is 65.7 Å². The molecular weight excluding hydrogens is 540 g/mol. The fourth-order valence-electron chi connectivity index (χ4n) is 5.31. The zero-order chi connectivity index (χ0) is 31.1. The first kappa shape index (κ1) is 33.9. The number of esters is 1. The van der Waals surface area contributed by atoms with E-state index < -0.39 is 13.9 Å². The number of anilines is 1. The number of hydrogen-bond acceptors (Lipinski definition) is 4. The van der Waals surface area contributed by atoms with Gasteiger partial charge in [0.15, 0.2) is 8.32 Å². The lowest BCUT2D eigenvalue weighted by Crippen LogP contribution is -2.47. The van der Waals surface area contributed by atoms with Crippen LogP contribution >= 0.6 is 0 Å². The number of ether oxygens (including phenoxy) is 1. The van der Waals surface area contributed by atoms with Crippen molar-refractivity contribution < 1.29 is 18.8 Å². The number of likely N-dealkylation sites (N-methyl/N-ethyl adjacent to an activating group) is 1. The highest BCUT2D eigenvalue weighted by Crippen LogP contribution is 2.39. The summed E-state index contributed by atoms with van der Waals surface area (Å²) in [5.41, 5.74) is 2.60. The first-order chi connectivity index (χ1) is 19.6. The summed E-state index contributed by atoms with van der Waals surface area (Å²) >= 11 is 0. The van der Waals surface area contributed by atoms with E-state index in [1.807, 2.05) is 67.8 Å². The molecule has 7 heteroatoms. The molecule has 42 heavy (non-hydrogen) atoms. The van der Waals surface area contributed by atoms with Gasteiger partial charge in [0.1, 0.15) is 5.60 Å². The SMILES string of the molecule is CCN(CCO[Si](C)(C)C(C)(C)C)C(=O)N(Cc1ccc(C2CCCCC2C(=O)OC(C)(C)C)cc1)c1ccccc1. The number of urea groups is 1. The summed E-state index contributed by atoms with van der Waals surface area (Å²) in [7, 11) is -1.90. The van der Waals surface area contributed by atoms with Crippen LogP contribution in [-0.2, 0) is 20.5 Å². The van der Waals surface area contributed by atoms with Gasteiger partial charge < -0.3 is 14.1 Å². The van der Waals surface area contributed by atoms with Crippen LogP contribution in [0.15, 0.2) is 54.6 Å². The number of nitrogens with zero attached hydrogens (tertiary/aromatic N) is 2. The average molecular weight is 595 g/mol. The minimum atomic E-state index is -1.90. The van der Waals surface area contributed by atoms with Gasteiger partial charge in [0.2, 0.25) is 0 Å². The quantitative estimate of drug-likeness (QED) is 0.204. The molecule has 3 rings (SSSR count). The average Bonchev–Trinajstić information content (AvgIpc) is 2.93. The van der Waals surface area contributed by atoms with Crippen molar-refractivity contribution in [3.63, 3.8) is 0 Å². The van der Waals surface area contributed by atoms with Crippen LogP contribution in [0.4, 0.5) is 10.5 Å². The fraction of sp³-hybridized carbons (Fsp3) is 0.600. The van der Waals surface area contributed by atoms with E-state index in [2.05, 4.69) is 58.1 Å². The minimum Gasteiger partial charge on any atom is -0.460 e. The Labute approximate surface area is 255 Å². The highest BCUT2D eigenvalue weighted by molar-refractivity contribution is 6.74. The van der Waals surface area contributed by atoms with Gasteiger partial charge in [-0.3, -0.25) is 9.69 Å². The molecule has 0 aliphatic heterocycles. The van der Waals surface area contributed by atoms with Crippen molar-refractivity contribution >= 4 is 26.0 Å². The Morgan fingerprint density at radius 2 is 1.52 bits per heavy atom. The molecule has 1 fully saturated rings. The van der Waals surface area contributed by atoms with E-state index in [0.29, 0.717) is 26.2 Å². The van der Waals surface area contributed by atoms with Crippen LogP contribution < -0.4 is 4.90 Å². The smallest absolute Gasteiger partial charge is 0.324 e. The largest absolute Gasteiger partial charge is 0.460 e. The molecule has 0 bridgehead atoms. The van der Waals surface area contributed by atoms with E-state index in [-0.39, 0.29) is 28.9 Å². The third-order valence-electron chi connectivity index (χ3n) is 8.81. The van der Waals surface area contributed by atoms with Crippen molar-refractivity contribution in [2.75, 3.05) is 24.6 Å². The summed E-state index contributed by atoms with van der Waals surface area (Å²) in [5, 5.41) is 0.126. The lowest BCUT2D eigenvalue weighted by molar-refractivity contribution is -0.161. The highest BCUT2D eigenvalue weighted by atomic mass is 28.4. The molecule has 6 nitrogen and oxygen atoms in total. The van der Waals surface area contributed by atoms with Crippen LogP contribution in [0.25, 0.3) is 0 Å². The summed E-state index contributed by atoms with van der Waals surface area (Å²) in [6.45, 7) is 21.2. The van der Waals surface area contributed by atoms with E-state index >= 15 is 0 Å². The number of carbonyl (C=O) groups excluding carboxylic acids is 2. The molecule has 2 aromatic rings. The van der Waals surface area contributed by atoms with Crippen molar-refractivity contribution in [2.24, 2.45) is 5.92 Å². The topological polar surface area (TPSA) is 59.1 Å². The molecule has 2 amide bonds. The Balaban J connectivity index is 1.76. The van der Waals surface area contributed by atoms with Gasteiger partial charge in [-0.2, -0.15) is 0 Å². The molecule has 0 heterocycles. The van der Waals surface area contributed by atoms with Gasteiger partial charge in [-0.05, 0) is 87.8 Å². The maximum absolute atomic E-state index is 13.9. The second-order valence-electron chi connectivity index (χ2n) is 14.2. The standard InChI is InChI=1S/C35H54N2O4Si/c1-10-36(24-25-40-42(8,9)35(5,6)7)33(39)37(29-16-12-11-13-17-29)26-27-20-22-28(23-21-27)30-18-14-15-19-31(30)32(38)41-34(2,3)4/h11-13,16-17,20-23,30-31H,10,14-15,18-19,24-26H2,1-9H3. The van der Waals surface area contributed by atoms with Gasteiger partial charge in [0.25, 0.3) is 0 Å². The summed E-state index contributed by atoms with van der Waals surface area (Å²) in [6, 6.07) is 18.3. The first-order valence-electron chi connectivity index (χ1n) is 15.7. The van der Waals surface area contributed by atoms with Gasteiger partial charge >= 0.3 is 12.0 Å². The third-order valence-corrected chi connectivity index (χ3v) is 13.3. The Morgan fingerprint density at radius 1 is 0.905 bits per heavy atom. The fourth-order valence-corrected chi connectivity index (χ4v) is 6.34. The monoisotopic (exact) mass is 594 g/mol. The molecule has 1 aliphatic rings. The molecule has 2 aromatic carbocycles. The third kappa shape index (κ3) is 9.18. The Bertz CT molecular complexity index is 1150. The van der Waals surface area contributed by atoms with E-state index in [1.54, 1.807) is 0 Å². The van der Waals surface area contributed by atoms with E-state index in [0.717, 1.165) is 36.9 Å². The maximum atomic E-state index is 13.9. The van der Waals surface area contributed by atoms with E-state index in [4.69, 9.17) is 9.16 Å². The number of benzene rings is 2. The molecule has 0 aromatic heterocycles. The molecule has 0 radical (unpaired) electrons. The molecule has 0 N–H and O–H groups in total. The summed E-state index contributed by atoms with van der Waals surface area (Å²) < 4.78 is 12.2. The summed E-state index contributed by atoms with van der Waals surface area (Å²) in [5.74, 6) is -0.0434. The predicted molar refractivity (Wildman–Crippen MR) is 175 cm³/mol. The van der Waals surface area contributed by atoms with Crippen molar-refractivity contribution in [1.82, 2.24) is 4.90 Å². The summed E-state index contributed by atoms with van der Waals surface area (Å²) in [4.78, 5) is 30.7. The normalized spacial score (nSPS) is 17.9. The van der Waals surface area contributed by atoms with Gasteiger partial charge in [-0.25, -0.2) is 4.79 Å². The van der Waals surface area contributed by atoms with Gasteiger partial charge in [-0.15, -0.1) is 0 Å². The van der Waals surface area contributed by atoms with Crippen LogP contribution in [0.2, 0.25) is 18.1 Å².